The number of halogens is 2. The molecule has 0 spiro atoms. The van der Waals surface area contributed by atoms with Gasteiger partial charge in [-0.05, 0) is 17.7 Å². The molecule has 1 fully saturated rings. The number of hydrogen-bond acceptors (Lipinski definition) is 4. The van der Waals surface area contributed by atoms with Gasteiger partial charge in [0.25, 0.3) is 0 Å². The number of ether oxygens (including phenoxy) is 1. The second kappa shape index (κ2) is 6.41. The molecule has 4 nitrogen and oxygen atoms in total. The van der Waals surface area contributed by atoms with Gasteiger partial charge in [0.15, 0.2) is 11.5 Å². The topological polar surface area (TPSA) is 44.7 Å². The van der Waals surface area contributed by atoms with Crippen LogP contribution in [-0.2, 0) is 0 Å². The predicted octanol–water partition coefficient (Wildman–Crippen LogP) is 1.97. The number of aromatic hydroxyl groups is 1. The first-order valence-corrected chi connectivity index (χ1v) is 6.62. The molecule has 0 aliphatic carbocycles. The summed E-state index contributed by atoms with van der Waals surface area (Å²) >= 11 is 5.95. The minimum Gasteiger partial charge on any atom is -0.503 e. The zero-order valence-electron chi connectivity index (χ0n) is 10.8. The van der Waals surface area contributed by atoms with Crippen molar-refractivity contribution in [3.8, 4) is 11.5 Å². The minimum atomic E-state index is -0.496. The van der Waals surface area contributed by atoms with Gasteiger partial charge in [-0.2, -0.15) is 0 Å². The van der Waals surface area contributed by atoms with Gasteiger partial charge in [-0.1, -0.05) is 11.6 Å². The predicted molar refractivity (Wildman–Crippen MR) is 72.8 cm³/mol. The van der Waals surface area contributed by atoms with Crippen LogP contribution in [0.3, 0.4) is 0 Å². The normalized spacial score (nSPS) is 18.3. The Labute approximate surface area is 117 Å². The van der Waals surface area contributed by atoms with Gasteiger partial charge in [-0.25, -0.2) is 4.39 Å². The first kappa shape index (κ1) is 14.4. The fourth-order valence-electron chi connectivity index (χ4n) is 2.33. The SMILES string of the molecule is COc1cc([C@@H](CF)N2CCNCC2)cc(Cl)c1O. The molecule has 1 aromatic rings. The Balaban J connectivity index is 2.29. The van der Waals surface area contributed by atoms with Crippen LogP contribution in [0.2, 0.25) is 5.02 Å². The number of benzene rings is 1. The van der Waals surface area contributed by atoms with Crippen LogP contribution in [0.4, 0.5) is 4.39 Å². The van der Waals surface area contributed by atoms with E-state index >= 15 is 0 Å². The van der Waals surface area contributed by atoms with Crippen molar-refractivity contribution < 1.29 is 14.2 Å². The Morgan fingerprint density at radius 1 is 1.47 bits per heavy atom. The van der Waals surface area contributed by atoms with E-state index in [4.69, 9.17) is 16.3 Å². The number of methoxy groups -OCH3 is 1. The van der Waals surface area contributed by atoms with Crippen molar-refractivity contribution in [2.45, 2.75) is 6.04 Å². The minimum absolute atomic E-state index is 0.106. The number of phenols is 1. The van der Waals surface area contributed by atoms with Crippen LogP contribution < -0.4 is 10.1 Å². The standard InChI is InChI=1S/C13H18ClFN2O2/c1-19-12-7-9(6-10(14)13(12)18)11(8-15)17-4-2-16-3-5-17/h6-7,11,16,18H,2-5,8H2,1H3/t11-/m1/s1. The van der Waals surface area contributed by atoms with E-state index in [1.807, 2.05) is 0 Å². The van der Waals surface area contributed by atoms with E-state index < -0.39 is 6.67 Å². The highest BCUT2D eigenvalue weighted by molar-refractivity contribution is 6.32. The first-order valence-electron chi connectivity index (χ1n) is 6.24. The van der Waals surface area contributed by atoms with Gasteiger partial charge in [-0.15, -0.1) is 0 Å². The fraction of sp³-hybridized carbons (Fsp3) is 0.538. The van der Waals surface area contributed by atoms with Crippen molar-refractivity contribution in [3.05, 3.63) is 22.7 Å². The number of hydrogen-bond donors (Lipinski definition) is 2. The molecule has 19 heavy (non-hydrogen) atoms. The van der Waals surface area contributed by atoms with Gasteiger partial charge in [0.05, 0.1) is 18.2 Å². The second-order valence-corrected chi connectivity index (χ2v) is 4.92. The van der Waals surface area contributed by atoms with Crippen LogP contribution in [0.1, 0.15) is 11.6 Å². The Bertz CT molecular complexity index is 439. The monoisotopic (exact) mass is 288 g/mol. The lowest BCUT2D eigenvalue weighted by Gasteiger charge is -2.33. The molecule has 2 N–H and O–H groups in total. The lowest BCUT2D eigenvalue weighted by atomic mass is 10.0. The smallest absolute Gasteiger partial charge is 0.176 e. The van der Waals surface area contributed by atoms with E-state index in [1.165, 1.54) is 7.11 Å². The summed E-state index contributed by atoms with van der Waals surface area (Å²) in [5, 5.41) is 13.1. The summed E-state index contributed by atoms with van der Waals surface area (Å²) in [6, 6.07) is 2.90. The van der Waals surface area contributed by atoms with Gasteiger partial charge >= 0.3 is 0 Å². The highest BCUT2D eigenvalue weighted by atomic mass is 35.5. The van der Waals surface area contributed by atoms with Crippen molar-refractivity contribution >= 4 is 11.6 Å². The zero-order chi connectivity index (χ0) is 13.8. The molecule has 0 saturated carbocycles. The quantitative estimate of drug-likeness (QED) is 0.889. The van der Waals surface area contributed by atoms with Crippen molar-refractivity contribution in [2.24, 2.45) is 0 Å². The van der Waals surface area contributed by atoms with E-state index in [-0.39, 0.29) is 22.6 Å². The molecule has 1 aliphatic heterocycles. The number of rotatable bonds is 4. The largest absolute Gasteiger partial charge is 0.503 e. The maximum atomic E-state index is 13.4. The molecular formula is C13H18ClFN2O2. The van der Waals surface area contributed by atoms with Crippen LogP contribution in [0.5, 0.6) is 11.5 Å². The summed E-state index contributed by atoms with van der Waals surface area (Å²) < 4.78 is 18.4. The number of nitrogens with one attached hydrogen (secondary N) is 1. The summed E-state index contributed by atoms with van der Waals surface area (Å²) in [5.41, 5.74) is 0.726. The third kappa shape index (κ3) is 3.11. The van der Waals surface area contributed by atoms with E-state index in [9.17, 15) is 9.50 Å². The van der Waals surface area contributed by atoms with Gasteiger partial charge in [-0.3, -0.25) is 4.90 Å². The molecule has 0 unspecified atom stereocenters. The molecule has 0 bridgehead atoms. The third-order valence-electron chi connectivity index (χ3n) is 3.39. The summed E-state index contributed by atoms with van der Waals surface area (Å²) in [5.74, 6) is 0.168. The lowest BCUT2D eigenvalue weighted by Crippen LogP contribution is -2.45. The van der Waals surface area contributed by atoms with E-state index in [1.54, 1.807) is 12.1 Å². The Kier molecular flexibility index (Phi) is 4.85. The van der Waals surface area contributed by atoms with Crippen molar-refractivity contribution in [1.29, 1.82) is 0 Å². The van der Waals surface area contributed by atoms with Crippen LogP contribution >= 0.6 is 11.6 Å². The third-order valence-corrected chi connectivity index (χ3v) is 3.68. The highest BCUT2D eigenvalue weighted by Crippen LogP contribution is 2.37. The average Bonchev–Trinajstić information content (AvgIpc) is 2.44. The Morgan fingerprint density at radius 2 is 2.16 bits per heavy atom. The maximum Gasteiger partial charge on any atom is 0.176 e. The molecule has 6 heteroatoms. The van der Waals surface area contributed by atoms with E-state index in [2.05, 4.69) is 10.2 Å². The lowest BCUT2D eigenvalue weighted by molar-refractivity contribution is 0.147. The zero-order valence-corrected chi connectivity index (χ0v) is 11.6. The van der Waals surface area contributed by atoms with Gasteiger partial charge < -0.3 is 15.2 Å². The van der Waals surface area contributed by atoms with Crippen LogP contribution in [0.15, 0.2) is 12.1 Å². The van der Waals surface area contributed by atoms with Crippen LogP contribution in [0, 0.1) is 0 Å². The van der Waals surface area contributed by atoms with Gasteiger partial charge in [0.1, 0.15) is 6.67 Å². The summed E-state index contributed by atoms with van der Waals surface area (Å²) in [4.78, 5) is 2.07. The molecule has 1 saturated heterocycles. The van der Waals surface area contributed by atoms with Crippen molar-refractivity contribution in [2.75, 3.05) is 40.0 Å². The highest BCUT2D eigenvalue weighted by Gasteiger charge is 2.24. The Morgan fingerprint density at radius 3 is 2.74 bits per heavy atom. The molecule has 0 aromatic heterocycles. The van der Waals surface area contributed by atoms with E-state index in [0.717, 1.165) is 31.7 Å². The first-order chi connectivity index (χ1) is 9.17. The molecule has 1 aromatic carbocycles. The molecular weight excluding hydrogens is 271 g/mol. The molecule has 1 atom stereocenters. The van der Waals surface area contributed by atoms with Crippen LogP contribution in [0.25, 0.3) is 0 Å². The summed E-state index contributed by atoms with van der Waals surface area (Å²) in [6.45, 7) is 2.77. The number of phenolic OH excluding ortho intramolecular Hbond substituents is 1. The maximum absolute atomic E-state index is 13.4. The Hall–Kier alpha value is -1.04. The molecule has 1 aliphatic rings. The number of piperazine rings is 1. The number of alkyl halides is 1. The molecule has 1 heterocycles. The summed E-state index contributed by atoms with van der Waals surface area (Å²) in [7, 11) is 1.45. The second-order valence-electron chi connectivity index (χ2n) is 4.51. The molecule has 2 rings (SSSR count). The molecule has 106 valence electrons. The van der Waals surface area contributed by atoms with Crippen molar-refractivity contribution in [3.63, 3.8) is 0 Å². The summed E-state index contributed by atoms with van der Waals surface area (Å²) in [6.07, 6.45) is 0. The number of nitrogens with zero attached hydrogens (tertiary/aromatic N) is 1. The van der Waals surface area contributed by atoms with Gasteiger partial charge in [0, 0.05) is 26.2 Å². The van der Waals surface area contributed by atoms with Crippen molar-refractivity contribution in [1.82, 2.24) is 10.2 Å². The van der Waals surface area contributed by atoms with E-state index in [0.29, 0.717) is 0 Å². The fourth-order valence-corrected chi connectivity index (χ4v) is 2.55. The molecule has 0 radical (unpaired) electrons. The van der Waals surface area contributed by atoms with Gasteiger partial charge in [0.2, 0.25) is 0 Å². The molecule has 0 amide bonds. The van der Waals surface area contributed by atoms with Crippen LogP contribution in [-0.4, -0.2) is 50.0 Å². The average molecular weight is 289 g/mol.